The average molecular weight is 433 g/mol. The number of nitrogens with zero attached hydrogens (tertiary/aromatic N) is 3. The van der Waals surface area contributed by atoms with Crippen molar-refractivity contribution >= 4 is 23.5 Å². The summed E-state index contributed by atoms with van der Waals surface area (Å²) >= 11 is 5.88. The average Bonchev–Trinajstić information content (AvgIpc) is 2.96. The Morgan fingerprint density at radius 2 is 1.90 bits per heavy atom. The Morgan fingerprint density at radius 1 is 1.24 bits per heavy atom. The molecule has 3 amide bonds. The SMILES string of the molecule is CN1CCC(N2C[C@@H](C(=O)NCc3cccc(C(F)(F)F)c3Cl)N(C)C2=O)CC1. The molecule has 0 radical (unpaired) electrons. The maximum Gasteiger partial charge on any atom is 0.417 e. The number of likely N-dealkylation sites (N-methyl/N-ethyl adjacent to an activating group) is 1. The molecule has 2 aliphatic heterocycles. The van der Waals surface area contributed by atoms with Crippen molar-refractivity contribution in [3.63, 3.8) is 0 Å². The van der Waals surface area contributed by atoms with Crippen molar-refractivity contribution in [2.45, 2.75) is 37.6 Å². The van der Waals surface area contributed by atoms with Crippen LogP contribution in [0.5, 0.6) is 0 Å². The van der Waals surface area contributed by atoms with Gasteiger partial charge in [0.1, 0.15) is 6.04 Å². The first-order valence-corrected chi connectivity index (χ1v) is 9.81. The van der Waals surface area contributed by atoms with Gasteiger partial charge < -0.3 is 20.0 Å². The third kappa shape index (κ3) is 4.61. The van der Waals surface area contributed by atoms with Crippen molar-refractivity contribution in [1.29, 1.82) is 0 Å². The van der Waals surface area contributed by atoms with E-state index in [0.29, 0.717) is 0 Å². The number of rotatable bonds is 4. The lowest BCUT2D eigenvalue weighted by Crippen LogP contribution is -2.45. The highest BCUT2D eigenvalue weighted by Gasteiger charge is 2.42. The van der Waals surface area contributed by atoms with Crippen LogP contribution < -0.4 is 5.32 Å². The molecule has 160 valence electrons. The number of likely N-dealkylation sites (tertiary alicyclic amines) is 1. The van der Waals surface area contributed by atoms with Gasteiger partial charge in [-0.15, -0.1) is 0 Å². The predicted molar refractivity (Wildman–Crippen MR) is 102 cm³/mol. The van der Waals surface area contributed by atoms with Crippen LogP contribution in [-0.2, 0) is 17.5 Å². The van der Waals surface area contributed by atoms with Gasteiger partial charge in [0, 0.05) is 19.6 Å². The van der Waals surface area contributed by atoms with Crippen molar-refractivity contribution in [1.82, 2.24) is 20.0 Å². The zero-order chi connectivity index (χ0) is 21.3. The maximum atomic E-state index is 13.0. The lowest BCUT2D eigenvalue weighted by molar-refractivity contribution is -0.137. The van der Waals surface area contributed by atoms with Gasteiger partial charge in [0.25, 0.3) is 0 Å². The Bertz CT molecular complexity index is 781. The van der Waals surface area contributed by atoms with Gasteiger partial charge in [-0.25, -0.2) is 4.79 Å². The molecule has 1 aromatic carbocycles. The van der Waals surface area contributed by atoms with Gasteiger partial charge >= 0.3 is 12.2 Å². The fourth-order valence-corrected chi connectivity index (χ4v) is 4.13. The molecule has 0 aromatic heterocycles. The second-order valence-corrected chi connectivity index (χ2v) is 7.97. The molecule has 1 N–H and O–H groups in total. The maximum absolute atomic E-state index is 13.0. The van der Waals surface area contributed by atoms with E-state index in [1.54, 1.807) is 11.9 Å². The number of carbonyl (C=O) groups is 2. The normalized spacial score (nSPS) is 21.7. The van der Waals surface area contributed by atoms with E-state index in [1.165, 1.54) is 17.0 Å². The molecule has 2 heterocycles. The van der Waals surface area contributed by atoms with Gasteiger partial charge in [0.2, 0.25) is 5.91 Å². The van der Waals surface area contributed by atoms with Crippen LogP contribution in [0.4, 0.5) is 18.0 Å². The molecule has 6 nitrogen and oxygen atoms in total. The molecule has 0 spiro atoms. The van der Waals surface area contributed by atoms with Crippen molar-refractivity contribution < 1.29 is 22.8 Å². The van der Waals surface area contributed by atoms with Crippen molar-refractivity contribution in [2.24, 2.45) is 0 Å². The van der Waals surface area contributed by atoms with Crippen LogP contribution in [0.1, 0.15) is 24.0 Å². The lowest BCUT2D eigenvalue weighted by atomic mass is 10.0. The standard InChI is InChI=1S/C19H24ClF3N4O2/c1-25-8-6-13(7-9-25)27-11-15(26(2)18(27)29)17(28)24-10-12-4-3-5-14(16(12)20)19(21,22)23/h3-5,13,15H,6-11H2,1-2H3,(H,24,28)/t15-/m0/s1. The number of hydrogen-bond acceptors (Lipinski definition) is 3. The lowest BCUT2D eigenvalue weighted by Gasteiger charge is -2.34. The Balaban J connectivity index is 1.63. The van der Waals surface area contributed by atoms with Crippen molar-refractivity contribution in [2.75, 3.05) is 33.7 Å². The van der Waals surface area contributed by atoms with Gasteiger partial charge in [0.15, 0.2) is 0 Å². The number of alkyl halides is 3. The number of benzene rings is 1. The fraction of sp³-hybridized carbons (Fsp3) is 0.579. The largest absolute Gasteiger partial charge is 0.417 e. The summed E-state index contributed by atoms with van der Waals surface area (Å²) in [5, 5.41) is 2.20. The number of carbonyl (C=O) groups excluding carboxylic acids is 2. The first-order valence-electron chi connectivity index (χ1n) is 9.44. The van der Waals surface area contributed by atoms with Crippen LogP contribution in [0.3, 0.4) is 0 Å². The van der Waals surface area contributed by atoms with Gasteiger partial charge in [-0.05, 0) is 44.6 Å². The minimum Gasteiger partial charge on any atom is -0.350 e. The predicted octanol–water partition coefficient (Wildman–Crippen LogP) is 2.81. The molecule has 1 aromatic rings. The van der Waals surface area contributed by atoms with E-state index in [-0.39, 0.29) is 30.7 Å². The monoisotopic (exact) mass is 432 g/mol. The number of halogens is 4. The van der Waals surface area contributed by atoms with E-state index in [2.05, 4.69) is 10.2 Å². The van der Waals surface area contributed by atoms with Crippen LogP contribution in [-0.4, -0.2) is 72.5 Å². The number of amides is 3. The fourth-order valence-electron chi connectivity index (χ4n) is 3.83. The molecule has 2 saturated heterocycles. The Kier molecular flexibility index (Phi) is 6.28. The Morgan fingerprint density at radius 3 is 2.52 bits per heavy atom. The minimum absolute atomic E-state index is 0.0943. The first-order chi connectivity index (χ1) is 13.6. The summed E-state index contributed by atoms with van der Waals surface area (Å²) < 4.78 is 39.0. The topological polar surface area (TPSA) is 55.9 Å². The van der Waals surface area contributed by atoms with E-state index >= 15 is 0 Å². The molecule has 1 atom stereocenters. The molecule has 29 heavy (non-hydrogen) atoms. The summed E-state index contributed by atoms with van der Waals surface area (Å²) in [6.45, 7) is 1.91. The summed E-state index contributed by atoms with van der Waals surface area (Å²) in [4.78, 5) is 30.6. The molecule has 2 aliphatic rings. The first kappa shape index (κ1) is 21.7. The molecule has 0 aliphatic carbocycles. The minimum atomic E-state index is -4.57. The van der Waals surface area contributed by atoms with E-state index in [1.807, 2.05) is 7.05 Å². The van der Waals surface area contributed by atoms with Crippen LogP contribution in [0.2, 0.25) is 5.02 Å². The molecule has 3 rings (SSSR count). The van der Waals surface area contributed by atoms with Gasteiger partial charge in [-0.3, -0.25) is 4.79 Å². The summed E-state index contributed by atoms with van der Waals surface area (Å²) in [6.07, 6.45) is -2.86. The summed E-state index contributed by atoms with van der Waals surface area (Å²) in [7, 11) is 3.60. The Hall–Kier alpha value is -2.00. The van der Waals surface area contributed by atoms with Crippen LogP contribution in [0.15, 0.2) is 18.2 Å². The van der Waals surface area contributed by atoms with Crippen molar-refractivity contribution in [3.05, 3.63) is 34.3 Å². The number of urea groups is 1. The Labute approximate surface area is 172 Å². The van der Waals surface area contributed by atoms with E-state index in [0.717, 1.165) is 32.0 Å². The summed E-state index contributed by atoms with van der Waals surface area (Å²) in [5.74, 6) is -0.412. The smallest absolute Gasteiger partial charge is 0.350 e. The summed E-state index contributed by atoms with van der Waals surface area (Å²) in [5.41, 5.74) is -0.762. The third-order valence-electron chi connectivity index (χ3n) is 5.65. The zero-order valence-electron chi connectivity index (χ0n) is 16.3. The molecule has 0 bridgehead atoms. The number of piperidine rings is 1. The summed E-state index contributed by atoms with van der Waals surface area (Å²) in [6, 6.07) is 2.80. The van der Waals surface area contributed by atoms with Gasteiger partial charge in [-0.1, -0.05) is 23.7 Å². The molecule has 0 saturated carbocycles. The van der Waals surface area contributed by atoms with E-state index in [4.69, 9.17) is 11.6 Å². The number of hydrogen-bond donors (Lipinski definition) is 1. The van der Waals surface area contributed by atoms with Gasteiger partial charge in [0.05, 0.1) is 17.1 Å². The second-order valence-electron chi connectivity index (χ2n) is 7.59. The zero-order valence-corrected chi connectivity index (χ0v) is 17.1. The highest BCUT2D eigenvalue weighted by atomic mass is 35.5. The third-order valence-corrected chi connectivity index (χ3v) is 6.10. The highest BCUT2D eigenvalue weighted by Crippen LogP contribution is 2.36. The highest BCUT2D eigenvalue weighted by molar-refractivity contribution is 6.32. The molecular weight excluding hydrogens is 409 g/mol. The van der Waals surface area contributed by atoms with Crippen LogP contribution >= 0.6 is 11.6 Å². The molecular formula is C19H24ClF3N4O2. The number of nitrogens with one attached hydrogen (secondary N) is 1. The van der Waals surface area contributed by atoms with Crippen LogP contribution in [0.25, 0.3) is 0 Å². The molecule has 0 unspecified atom stereocenters. The van der Waals surface area contributed by atoms with E-state index < -0.39 is 28.7 Å². The van der Waals surface area contributed by atoms with Crippen molar-refractivity contribution in [3.8, 4) is 0 Å². The van der Waals surface area contributed by atoms with E-state index in [9.17, 15) is 22.8 Å². The van der Waals surface area contributed by atoms with Gasteiger partial charge in [-0.2, -0.15) is 13.2 Å². The molecule has 10 heteroatoms. The quantitative estimate of drug-likeness (QED) is 0.796. The van der Waals surface area contributed by atoms with Crippen LogP contribution in [0, 0.1) is 0 Å². The second kappa shape index (κ2) is 8.39. The molecule has 2 fully saturated rings.